The first kappa shape index (κ1) is 14.3. The Morgan fingerprint density at radius 3 is 2.71 bits per heavy atom. The predicted molar refractivity (Wildman–Crippen MR) is 93.3 cm³/mol. The van der Waals surface area contributed by atoms with Crippen molar-refractivity contribution in [3.05, 3.63) is 70.6 Å². The molecule has 0 spiro atoms. The minimum absolute atomic E-state index is 0.477. The summed E-state index contributed by atoms with van der Waals surface area (Å²) < 4.78 is 1.39. The highest BCUT2D eigenvalue weighted by atomic mass is 32.1. The molecule has 1 nitrogen and oxygen atoms in total. The number of nitrogens with one attached hydrogen (secondary N) is 1. The van der Waals surface area contributed by atoms with Gasteiger partial charge in [0.1, 0.15) is 0 Å². The number of rotatable bonds is 5. The molecule has 1 aromatic heterocycles. The van der Waals surface area contributed by atoms with Crippen molar-refractivity contribution >= 4 is 21.4 Å². The van der Waals surface area contributed by atoms with Crippen molar-refractivity contribution in [2.75, 3.05) is 7.05 Å². The summed E-state index contributed by atoms with van der Waals surface area (Å²) in [6.45, 7) is 2.16. The Bertz CT molecular complexity index is 729. The van der Waals surface area contributed by atoms with Crippen LogP contribution in [0.25, 0.3) is 10.1 Å². The normalized spacial score (nSPS) is 12.7. The van der Waals surface area contributed by atoms with Crippen molar-refractivity contribution in [1.82, 2.24) is 5.32 Å². The van der Waals surface area contributed by atoms with Crippen LogP contribution in [0.2, 0.25) is 0 Å². The van der Waals surface area contributed by atoms with E-state index in [1.165, 1.54) is 26.8 Å². The smallest absolute Gasteiger partial charge is 0.0345 e. The van der Waals surface area contributed by atoms with Crippen LogP contribution in [-0.4, -0.2) is 13.1 Å². The van der Waals surface area contributed by atoms with Gasteiger partial charge in [0.25, 0.3) is 0 Å². The van der Waals surface area contributed by atoms with E-state index in [4.69, 9.17) is 0 Å². The molecule has 0 aliphatic rings. The van der Waals surface area contributed by atoms with Crippen LogP contribution >= 0.6 is 11.3 Å². The zero-order valence-corrected chi connectivity index (χ0v) is 13.4. The third kappa shape index (κ3) is 3.34. The van der Waals surface area contributed by atoms with Crippen molar-refractivity contribution in [3.63, 3.8) is 0 Å². The monoisotopic (exact) mass is 295 g/mol. The van der Waals surface area contributed by atoms with Crippen LogP contribution in [-0.2, 0) is 12.8 Å². The lowest BCUT2D eigenvalue weighted by atomic mass is 9.98. The Hall–Kier alpha value is -1.64. The summed E-state index contributed by atoms with van der Waals surface area (Å²) in [4.78, 5) is 0. The molecule has 0 aliphatic carbocycles. The maximum Gasteiger partial charge on any atom is 0.0345 e. The molecule has 3 rings (SSSR count). The van der Waals surface area contributed by atoms with E-state index in [1.807, 2.05) is 11.3 Å². The lowest BCUT2D eigenvalue weighted by Crippen LogP contribution is -2.29. The van der Waals surface area contributed by atoms with E-state index < -0.39 is 0 Å². The summed E-state index contributed by atoms with van der Waals surface area (Å²) in [5.41, 5.74) is 4.21. The molecule has 0 saturated heterocycles. The van der Waals surface area contributed by atoms with Crippen LogP contribution in [0.3, 0.4) is 0 Å². The lowest BCUT2D eigenvalue weighted by Gasteiger charge is -2.16. The van der Waals surface area contributed by atoms with E-state index in [2.05, 4.69) is 73.2 Å². The fourth-order valence-electron chi connectivity index (χ4n) is 2.86. The molecule has 1 atom stereocenters. The first-order valence-corrected chi connectivity index (χ1v) is 8.32. The number of hydrogen-bond acceptors (Lipinski definition) is 2. The molecule has 1 N–H and O–H groups in total. The van der Waals surface area contributed by atoms with Crippen LogP contribution in [0.1, 0.15) is 16.7 Å². The van der Waals surface area contributed by atoms with Gasteiger partial charge < -0.3 is 5.32 Å². The molecule has 0 fully saturated rings. The second-order valence-corrected chi connectivity index (χ2v) is 6.55. The van der Waals surface area contributed by atoms with Crippen molar-refractivity contribution in [3.8, 4) is 0 Å². The average molecular weight is 295 g/mol. The SMILES string of the molecule is CNC(Cc1cccc(C)c1)Cc1csc2ccccc12. The van der Waals surface area contributed by atoms with E-state index >= 15 is 0 Å². The molecule has 0 bridgehead atoms. The molecule has 21 heavy (non-hydrogen) atoms. The fourth-order valence-corrected chi connectivity index (χ4v) is 3.83. The quantitative estimate of drug-likeness (QED) is 0.726. The minimum atomic E-state index is 0.477. The summed E-state index contributed by atoms with van der Waals surface area (Å²) in [7, 11) is 2.06. The Morgan fingerprint density at radius 1 is 1.05 bits per heavy atom. The standard InChI is InChI=1S/C19H21NS/c1-14-6-5-7-15(10-14)11-17(20-2)12-16-13-21-19-9-4-3-8-18(16)19/h3-10,13,17,20H,11-12H2,1-2H3. The third-order valence-electron chi connectivity index (χ3n) is 4.00. The van der Waals surface area contributed by atoms with Crippen molar-refractivity contribution in [1.29, 1.82) is 0 Å². The molecule has 0 amide bonds. The van der Waals surface area contributed by atoms with Crippen LogP contribution in [0.4, 0.5) is 0 Å². The number of thiophene rings is 1. The molecular weight excluding hydrogens is 274 g/mol. The summed E-state index contributed by atoms with van der Waals surface area (Å²) in [5, 5.41) is 7.20. The van der Waals surface area contributed by atoms with Gasteiger partial charge in [0.05, 0.1) is 0 Å². The Balaban J connectivity index is 1.78. The maximum atomic E-state index is 3.48. The Labute approximate surface area is 130 Å². The fraction of sp³-hybridized carbons (Fsp3) is 0.263. The number of fused-ring (bicyclic) bond motifs is 1. The Kier molecular flexibility index (Phi) is 4.37. The highest BCUT2D eigenvalue weighted by Gasteiger charge is 2.11. The molecule has 1 heterocycles. The van der Waals surface area contributed by atoms with Gasteiger partial charge in [0, 0.05) is 10.7 Å². The minimum Gasteiger partial charge on any atom is -0.316 e. The summed E-state index contributed by atoms with van der Waals surface area (Å²) in [6.07, 6.45) is 2.15. The average Bonchev–Trinajstić information content (AvgIpc) is 2.90. The highest BCUT2D eigenvalue weighted by Crippen LogP contribution is 2.27. The van der Waals surface area contributed by atoms with E-state index in [1.54, 1.807) is 0 Å². The van der Waals surface area contributed by atoms with Gasteiger partial charge in [-0.2, -0.15) is 0 Å². The van der Waals surface area contributed by atoms with Crippen LogP contribution in [0.5, 0.6) is 0 Å². The second kappa shape index (κ2) is 6.42. The number of hydrogen-bond donors (Lipinski definition) is 1. The van der Waals surface area contributed by atoms with E-state index in [0.29, 0.717) is 6.04 Å². The number of likely N-dealkylation sites (N-methyl/N-ethyl adjacent to an activating group) is 1. The van der Waals surface area contributed by atoms with Crippen molar-refractivity contribution < 1.29 is 0 Å². The van der Waals surface area contributed by atoms with Gasteiger partial charge in [-0.25, -0.2) is 0 Å². The van der Waals surface area contributed by atoms with Gasteiger partial charge in [-0.1, -0.05) is 48.0 Å². The first-order chi connectivity index (χ1) is 10.3. The molecule has 0 saturated carbocycles. The Morgan fingerprint density at radius 2 is 1.90 bits per heavy atom. The molecule has 1 unspecified atom stereocenters. The second-order valence-electron chi connectivity index (χ2n) is 5.64. The molecule has 2 aromatic carbocycles. The van der Waals surface area contributed by atoms with Gasteiger partial charge in [-0.05, 0) is 54.8 Å². The van der Waals surface area contributed by atoms with E-state index in [-0.39, 0.29) is 0 Å². The van der Waals surface area contributed by atoms with Gasteiger partial charge in [0.15, 0.2) is 0 Å². The highest BCUT2D eigenvalue weighted by molar-refractivity contribution is 7.17. The number of benzene rings is 2. The van der Waals surface area contributed by atoms with Gasteiger partial charge >= 0.3 is 0 Å². The van der Waals surface area contributed by atoms with Crippen molar-refractivity contribution in [2.24, 2.45) is 0 Å². The van der Waals surface area contributed by atoms with Gasteiger partial charge in [0.2, 0.25) is 0 Å². The molecule has 3 aromatic rings. The van der Waals surface area contributed by atoms with Crippen LogP contribution in [0, 0.1) is 6.92 Å². The molecule has 0 aliphatic heterocycles. The molecule has 2 heteroatoms. The van der Waals surface area contributed by atoms with Crippen LogP contribution in [0.15, 0.2) is 53.9 Å². The lowest BCUT2D eigenvalue weighted by molar-refractivity contribution is 0.558. The van der Waals surface area contributed by atoms with Crippen molar-refractivity contribution in [2.45, 2.75) is 25.8 Å². The largest absolute Gasteiger partial charge is 0.316 e. The molecular formula is C19H21NS. The number of aryl methyl sites for hydroxylation is 1. The summed E-state index contributed by atoms with van der Waals surface area (Å²) >= 11 is 1.85. The topological polar surface area (TPSA) is 12.0 Å². The maximum absolute atomic E-state index is 3.48. The van der Waals surface area contributed by atoms with Crippen LogP contribution < -0.4 is 5.32 Å². The third-order valence-corrected chi connectivity index (χ3v) is 5.01. The van der Waals surface area contributed by atoms with E-state index in [0.717, 1.165) is 12.8 Å². The summed E-state index contributed by atoms with van der Waals surface area (Å²) in [6, 6.07) is 18.0. The zero-order valence-electron chi connectivity index (χ0n) is 12.6. The predicted octanol–water partition coefficient (Wildman–Crippen LogP) is 4.58. The zero-order chi connectivity index (χ0) is 14.7. The summed E-state index contributed by atoms with van der Waals surface area (Å²) in [5.74, 6) is 0. The van der Waals surface area contributed by atoms with Gasteiger partial charge in [-0.3, -0.25) is 0 Å². The molecule has 0 radical (unpaired) electrons. The molecule has 108 valence electrons. The first-order valence-electron chi connectivity index (χ1n) is 7.44. The van der Waals surface area contributed by atoms with E-state index in [9.17, 15) is 0 Å². The van der Waals surface area contributed by atoms with Gasteiger partial charge in [-0.15, -0.1) is 11.3 Å².